The van der Waals surface area contributed by atoms with E-state index in [1.807, 2.05) is 0 Å². The summed E-state index contributed by atoms with van der Waals surface area (Å²) in [4.78, 5) is 4.75. The molecule has 2 aromatic heterocycles. The Hall–Kier alpha value is -2.44. The van der Waals surface area contributed by atoms with Crippen LogP contribution >= 0.6 is 0 Å². The minimum Gasteiger partial charge on any atom is -0.394 e. The van der Waals surface area contributed by atoms with Gasteiger partial charge in [0.1, 0.15) is 60.2 Å². The van der Waals surface area contributed by atoms with E-state index in [4.69, 9.17) is 37.9 Å². The number of aliphatic hydroxyl groups excluding tert-OH is 8. The van der Waals surface area contributed by atoms with Gasteiger partial charge in [0.15, 0.2) is 12.5 Å². The average Bonchev–Trinajstić information content (AvgIpc) is 3.91. The van der Waals surface area contributed by atoms with E-state index in [-0.39, 0.29) is 13.2 Å². The lowest BCUT2D eigenvalue weighted by Gasteiger charge is -2.39. The van der Waals surface area contributed by atoms with Gasteiger partial charge in [-0.1, -0.05) is 10.4 Å². The van der Waals surface area contributed by atoms with Crippen LogP contribution in [0.1, 0.15) is 23.8 Å². The van der Waals surface area contributed by atoms with E-state index in [1.54, 1.807) is 0 Å². The normalized spacial score (nSPS) is 30.0. The Bertz CT molecular complexity index is 1300. The first kappa shape index (κ1) is 46.6. The number of ether oxygens (including phenoxy) is 8. The molecule has 3 aliphatic heterocycles. The molecule has 24 nitrogen and oxygen atoms in total. The summed E-state index contributed by atoms with van der Waals surface area (Å²) in [5, 5.41) is 94.8. The summed E-state index contributed by atoms with van der Waals surface area (Å²) in [5.41, 5.74) is 0.939. The molecule has 24 heteroatoms. The van der Waals surface area contributed by atoms with Crippen LogP contribution < -0.4 is 0 Å². The van der Waals surface area contributed by atoms with Crippen LogP contribution in [0.2, 0.25) is 0 Å². The van der Waals surface area contributed by atoms with E-state index in [0.29, 0.717) is 77.5 Å². The molecular formula is C34H60N8O16. The van der Waals surface area contributed by atoms with Crippen molar-refractivity contribution >= 4 is 0 Å². The van der Waals surface area contributed by atoms with Gasteiger partial charge < -0.3 is 78.7 Å². The minimum absolute atomic E-state index is 0.144. The van der Waals surface area contributed by atoms with Crippen LogP contribution in [0, 0.1) is 0 Å². The molecule has 0 aromatic carbocycles. The highest BCUT2D eigenvalue weighted by Gasteiger charge is 2.46. The first-order valence-corrected chi connectivity index (χ1v) is 19.5. The molecule has 3 aliphatic rings. The number of rotatable bonds is 26. The molecule has 0 amide bonds. The maximum atomic E-state index is 10.2. The maximum Gasteiger partial charge on any atom is 0.180 e. The minimum atomic E-state index is -1.50. The van der Waals surface area contributed by atoms with Crippen LogP contribution in [-0.2, 0) is 51.1 Å². The predicted molar refractivity (Wildman–Crippen MR) is 194 cm³/mol. The van der Waals surface area contributed by atoms with Gasteiger partial charge in [-0.05, 0) is 0 Å². The summed E-state index contributed by atoms with van der Waals surface area (Å²) in [6.07, 6.45) is -10.1. The highest BCUT2D eigenvalue weighted by molar-refractivity contribution is 4.96. The number of piperazine rings is 1. The van der Waals surface area contributed by atoms with Crippen LogP contribution in [0.25, 0.3) is 0 Å². The first-order chi connectivity index (χ1) is 28.2. The van der Waals surface area contributed by atoms with Crippen LogP contribution in [0.5, 0.6) is 0 Å². The Morgan fingerprint density at radius 3 is 1.19 bits per heavy atom. The van der Waals surface area contributed by atoms with Crippen molar-refractivity contribution in [2.24, 2.45) is 0 Å². The molecule has 5 rings (SSSR count). The van der Waals surface area contributed by atoms with E-state index in [1.165, 1.54) is 21.8 Å². The second kappa shape index (κ2) is 24.7. The van der Waals surface area contributed by atoms with Gasteiger partial charge in [0.25, 0.3) is 0 Å². The number of aromatic nitrogens is 6. The predicted octanol–water partition coefficient (Wildman–Crippen LogP) is -5.77. The molecule has 58 heavy (non-hydrogen) atoms. The van der Waals surface area contributed by atoms with Crippen molar-refractivity contribution < 1.29 is 78.7 Å². The van der Waals surface area contributed by atoms with Gasteiger partial charge in [0.2, 0.25) is 0 Å². The molecule has 3 saturated heterocycles. The molecule has 3 fully saturated rings. The highest BCUT2D eigenvalue weighted by atomic mass is 16.6. The summed E-state index contributed by atoms with van der Waals surface area (Å²) < 4.78 is 47.1. The van der Waals surface area contributed by atoms with E-state index in [2.05, 4.69) is 30.4 Å². The van der Waals surface area contributed by atoms with Crippen LogP contribution in [0.15, 0.2) is 12.4 Å². The van der Waals surface area contributed by atoms with Crippen molar-refractivity contribution in [2.75, 3.05) is 119 Å². The Morgan fingerprint density at radius 1 is 0.483 bits per heavy atom. The van der Waals surface area contributed by atoms with Crippen molar-refractivity contribution in [3.63, 3.8) is 0 Å². The topological polar surface area (TPSA) is 304 Å². The van der Waals surface area contributed by atoms with E-state index in [0.717, 1.165) is 39.3 Å². The molecule has 0 spiro atoms. The lowest BCUT2D eigenvalue weighted by atomic mass is 9.98. The number of nitrogens with zero attached hydrogens (tertiary/aromatic N) is 8. The zero-order valence-corrected chi connectivity index (χ0v) is 32.5. The van der Waals surface area contributed by atoms with Crippen molar-refractivity contribution in [1.82, 2.24) is 39.8 Å². The van der Waals surface area contributed by atoms with Gasteiger partial charge in [-0.2, -0.15) is 0 Å². The second-order valence-corrected chi connectivity index (χ2v) is 14.1. The highest BCUT2D eigenvalue weighted by Crippen LogP contribution is 2.29. The largest absolute Gasteiger partial charge is 0.394 e. The molecule has 0 unspecified atom stereocenters. The SMILES string of the molecule is OC[C@H]1O[C@@H](n2cc(COCCOCCOCCN3CCN(CCOCCOCCOCc4cn([C@@H]5O[C@H](CO)[C@H](O)[C@H](O)[C@H]5O)nn4)CC3)nn2)[C@H](O)[C@@H](O)[C@H]1O. The fourth-order valence-corrected chi connectivity index (χ4v) is 6.47. The summed E-state index contributed by atoms with van der Waals surface area (Å²) >= 11 is 0. The fraction of sp³-hybridized carbons (Fsp3) is 0.882. The Balaban J connectivity index is 0.778. The molecule has 0 saturated carbocycles. The number of aliphatic hydroxyl groups is 8. The van der Waals surface area contributed by atoms with Gasteiger partial charge in [0, 0.05) is 39.3 Å². The lowest BCUT2D eigenvalue weighted by molar-refractivity contribution is -0.254. The van der Waals surface area contributed by atoms with Gasteiger partial charge in [-0.15, -0.1) is 10.2 Å². The van der Waals surface area contributed by atoms with Crippen molar-refractivity contribution in [3.05, 3.63) is 23.8 Å². The van der Waals surface area contributed by atoms with Gasteiger partial charge in [-0.25, -0.2) is 9.36 Å². The first-order valence-electron chi connectivity index (χ1n) is 19.5. The molecule has 0 radical (unpaired) electrons. The number of hydrogen-bond acceptors (Lipinski definition) is 22. The lowest BCUT2D eigenvalue weighted by Crippen LogP contribution is -2.56. The van der Waals surface area contributed by atoms with Crippen molar-refractivity contribution in [3.8, 4) is 0 Å². The third-order valence-electron chi connectivity index (χ3n) is 9.93. The maximum absolute atomic E-state index is 10.2. The van der Waals surface area contributed by atoms with E-state index < -0.39 is 74.5 Å². The third kappa shape index (κ3) is 13.8. The Kier molecular flexibility index (Phi) is 19.9. The van der Waals surface area contributed by atoms with Crippen LogP contribution in [-0.4, -0.2) is 248 Å². The van der Waals surface area contributed by atoms with Crippen molar-refractivity contribution in [1.29, 1.82) is 0 Å². The average molecular weight is 837 g/mol. The van der Waals surface area contributed by atoms with Crippen LogP contribution in [0.3, 0.4) is 0 Å². The molecule has 2 aromatic rings. The monoisotopic (exact) mass is 836 g/mol. The summed E-state index contributed by atoms with van der Waals surface area (Å²) in [5.74, 6) is 0. The molecule has 5 heterocycles. The van der Waals surface area contributed by atoms with Gasteiger partial charge >= 0.3 is 0 Å². The van der Waals surface area contributed by atoms with Gasteiger partial charge in [0.05, 0.1) is 105 Å². The fourth-order valence-electron chi connectivity index (χ4n) is 6.47. The zero-order chi connectivity index (χ0) is 41.3. The van der Waals surface area contributed by atoms with E-state index >= 15 is 0 Å². The Morgan fingerprint density at radius 2 is 0.828 bits per heavy atom. The quantitative estimate of drug-likeness (QED) is 0.0410. The number of hydrogen-bond donors (Lipinski definition) is 8. The standard InChI is InChI=1S/C34H60N8O16/c43-19-25-27(45)29(47)31(49)33(57-25)41-17-23(35-37-41)21-55-15-13-53-11-9-51-7-5-39-1-2-40(4-3-39)6-8-52-10-12-54-14-16-56-22-24-18-42(38-36-24)34-32(50)30(48)28(46)26(20-44)58-34/h17-18,25-34,43-50H,1-16,19-22H2/t25-,26-,27+,28+,29+,30+,31-,32-,33-,34-/m1/s1. The molecular weight excluding hydrogens is 776 g/mol. The zero-order valence-electron chi connectivity index (χ0n) is 32.5. The summed E-state index contributed by atoms with van der Waals surface area (Å²) in [7, 11) is 0. The molecule has 10 atom stereocenters. The Labute approximate surface area is 335 Å². The van der Waals surface area contributed by atoms with Gasteiger partial charge in [-0.3, -0.25) is 9.80 Å². The van der Waals surface area contributed by atoms with Crippen LogP contribution in [0.4, 0.5) is 0 Å². The smallest absolute Gasteiger partial charge is 0.180 e. The molecule has 0 bridgehead atoms. The van der Waals surface area contributed by atoms with Crippen molar-refractivity contribution in [2.45, 2.75) is 74.5 Å². The second-order valence-electron chi connectivity index (χ2n) is 14.1. The van der Waals surface area contributed by atoms with E-state index in [9.17, 15) is 40.9 Å². The third-order valence-corrected chi connectivity index (χ3v) is 9.93. The summed E-state index contributed by atoms with van der Waals surface area (Å²) in [6.45, 7) is 9.20. The molecule has 8 N–H and O–H groups in total. The molecule has 332 valence electrons. The summed E-state index contributed by atoms with van der Waals surface area (Å²) in [6, 6.07) is 0. The molecule has 0 aliphatic carbocycles.